The number of nitrogens with zero attached hydrogens (tertiary/aromatic N) is 2. The van der Waals surface area contributed by atoms with Crippen molar-refractivity contribution in [3.63, 3.8) is 0 Å². The molecular weight excluding hydrogens is 454 g/mol. The van der Waals surface area contributed by atoms with E-state index in [4.69, 9.17) is 17.3 Å². The molecule has 3 amide bonds. The van der Waals surface area contributed by atoms with Crippen LogP contribution in [0.4, 0.5) is 16.3 Å². The Labute approximate surface area is 202 Å². The van der Waals surface area contributed by atoms with Crippen LogP contribution in [0.2, 0.25) is 5.02 Å². The van der Waals surface area contributed by atoms with E-state index < -0.39 is 0 Å². The molecule has 3 aromatic rings. The molecule has 0 radical (unpaired) electrons. The molecule has 1 aliphatic rings. The first-order valence-electron chi connectivity index (χ1n) is 11.0. The lowest BCUT2D eigenvalue weighted by Crippen LogP contribution is -2.46. The van der Waals surface area contributed by atoms with E-state index in [0.717, 1.165) is 37.1 Å². The van der Waals surface area contributed by atoms with Crippen LogP contribution in [-0.2, 0) is 6.54 Å². The van der Waals surface area contributed by atoms with Crippen LogP contribution in [0.5, 0.6) is 0 Å². The first kappa shape index (κ1) is 23.5. The lowest BCUT2D eigenvalue weighted by molar-refractivity contribution is 0.0926. The molecule has 10 heteroatoms. The number of hydrogen-bond acceptors (Lipinski definition) is 6. The zero-order chi connectivity index (χ0) is 23.9. The molecule has 1 saturated heterocycles. The molecule has 1 atom stereocenters. The Morgan fingerprint density at radius 2 is 2.00 bits per heavy atom. The molecule has 176 valence electrons. The number of rotatable bonds is 6. The van der Waals surface area contributed by atoms with Crippen molar-refractivity contribution in [2.75, 3.05) is 24.1 Å². The molecule has 0 bridgehead atoms. The molecule has 4 rings (SSSR count). The second-order valence-electron chi connectivity index (χ2n) is 8.02. The zero-order valence-corrected chi connectivity index (χ0v) is 19.2. The molecule has 9 nitrogen and oxygen atoms in total. The van der Waals surface area contributed by atoms with Gasteiger partial charge in [0.15, 0.2) is 11.5 Å². The van der Waals surface area contributed by atoms with Crippen molar-refractivity contribution in [1.29, 1.82) is 0 Å². The zero-order valence-electron chi connectivity index (χ0n) is 18.5. The summed E-state index contributed by atoms with van der Waals surface area (Å²) in [4.78, 5) is 33.6. The normalized spacial score (nSPS) is 15.4. The summed E-state index contributed by atoms with van der Waals surface area (Å²) < 4.78 is 0. The molecule has 1 fully saturated rings. The number of anilines is 2. The monoisotopic (exact) mass is 479 g/mol. The largest absolute Gasteiger partial charge is 0.382 e. The topological polar surface area (TPSA) is 134 Å². The molecule has 0 unspecified atom stereocenters. The molecule has 2 heterocycles. The van der Waals surface area contributed by atoms with E-state index in [9.17, 15) is 9.59 Å². The van der Waals surface area contributed by atoms with Crippen molar-refractivity contribution >= 4 is 35.0 Å². The molecule has 6 N–H and O–H groups in total. The van der Waals surface area contributed by atoms with Crippen LogP contribution < -0.4 is 27.0 Å². The molecule has 0 spiro atoms. The van der Waals surface area contributed by atoms with E-state index in [1.807, 2.05) is 24.3 Å². The van der Waals surface area contributed by atoms with Gasteiger partial charge in [-0.25, -0.2) is 14.8 Å². The van der Waals surface area contributed by atoms with E-state index >= 15 is 0 Å². The van der Waals surface area contributed by atoms with Gasteiger partial charge in [-0.15, -0.1) is 0 Å². The summed E-state index contributed by atoms with van der Waals surface area (Å²) >= 11 is 5.86. The molecule has 0 aliphatic carbocycles. The average molecular weight is 480 g/mol. The third-order valence-corrected chi connectivity index (χ3v) is 5.68. The van der Waals surface area contributed by atoms with Crippen LogP contribution in [0.1, 0.15) is 28.9 Å². The second kappa shape index (κ2) is 11.0. The fourth-order valence-corrected chi connectivity index (χ4v) is 3.79. The van der Waals surface area contributed by atoms with Crippen LogP contribution in [0.25, 0.3) is 11.3 Å². The van der Waals surface area contributed by atoms with Crippen molar-refractivity contribution in [3.05, 3.63) is 71.0 Å². The minimum absolute atomic E-state index is 0.0412. The number of amides is 3. The highest BCUT2D eigenvalue weighted by Crippen LogP contribution is 2.20. The maximum Gasteiger partial charge on any atom is 0.319 e. The quantitative estimate of drug-likeness (QED) is 0.368. The summed E-state index contributed by atoms with van der Waals surface area (Å²) in [6.07, 6.45) is 3.45. The first-order valence-corrected chi connectivity index (χ1v) is 11.4. The van der Waals surface area contributed by atoms with Crippen LogP contribution in [0.3, 0.4) is 0 Å². The van der Waals surface area contributed by atoms with E-state index in [2.05, 4.69) is 31.2 Å². The molecule has 1 aromatic heterocycles. The first-order chi connectivity index (χ1) is 16.5. The number of nitrogen functional groups attached to an aromatic ring is 1. The molecule has 2 aromatic carbocycles. The number of nitrogens with two attached hydrogens (primary N) is 1. The average Bonchev–Trinajstić information content (AvgIpc) is 2.85. The van der Waals surface area contributed by atoms with Crippen molar-refractivity contribution in [3.8, 4) is 11.3 Å². The predicted octanol–water partition coefficient (Wildman–Crippen LogP) is 3.18. The van der Waals surface area contributed by atoms with Crippen LogP contribution >= 0.6 is 11.6 Å². The Balaban J connectivity index is 1.41. The van der Waals surface area contributed by atoms with Crippen LogP contribution in [0, 0.1) is 0 Å². The Bertz CT molecular complexity index is 1160. The number of nitrogens with one attached hydrogen (secondary N) is 4. The Morgan fingerprint density at radius 1 is 1.18 bits per heavy atom. The second-order valence-corrected chi connectivity index (χ2v) is 8.46. The van der Waals surface area contributed by atoms with Gasteiger partial charge < -0.3 is 27.0 Å². The smallest absolute Gasteiger partial charge is 0.319 e. The van der Waals surface area contributed by atoms with Crippen molar-refractivity contribution in [2.45, 2.75) is 25.4 Å². The molecule has 34 heavy (non-hydrogen) atoms. The SMILES string of the molecule is Nc1ncc(-c2cccc(CNC(=O)Nc3ccc(Cl)cc3)c2)nc1C(=O)N[C@H]1CCCNC1. The molecule has 1 aliphatic heterocycles. The number of piperidine rings is 1. The Morgan fingerprint density at radius 3 is 2.76 bits per heavy atom. The standard InChI is InChI=1S/C24H26ClN7O2/c25-17-6-8-18(9-7-17)31-24(34)29-12-15-3-1-4-16(11-15)20-14-28-22(26)21(32-20)23(33)30-19-5-2-10-27-13-19/h1,3-4,6-9,11,14,19,27H,2,5,10,12-13H2,(H2,26,28)(H,30,33)(H2,29,31,34)/t19-/m0/s1. The fraction of sp³-hybridized carbons (Fsp3) is 0.250. The lowest BCUT2D eigenvalue weighted by Gasteiger charge is -2.23. The van der Waals surface area contributed by atoms with Gasteiger partial charge in [0.05, 0.1) is 11.9 Å². The van der Waals surface area contributed by atoms with Gasteiger partial charge in [0, 0.05) is 35.4 Å². The summed E-state index contributed by atoms with van der Waals surface area (Å²) in [7, 11) is 0. The van der Waals surface area contributed by atoms with Gasteiger partial charge in [-0.1, -0.05) is 29.8 Å². The van der Waals surface area contributed by atoms with Gasteiger partial charge in [-0.2, -0.15) is 0 Å². The number of benzene rings is 2. The Hall–Kier alpha value is -3.69. The molecule has 0 saturated carbocycles. The van der Waals surface area contributed by atoms with Gasteiger partial charge >= 0.3 is 6.03 Å². The number of aromatic nitrogens is 2. The summed E-state index contributed by atoms with van der Waals surface area (Å²) in [5, 5.41) is 12.4. The maximum atomic E-state index is 12.7. The van der Waals surface area contributed by atoms with Crippen molar-refractivity contribution < 1.29 is 9.59 Å². The van der Waals surface area contributed by atoms with E-state index in [1.165, 1.54) is 6.20 Å². The lowest BCUT2D eigenvalue weighted by atomic mass is 10.1. The summed E-state index contributed by atoms with van der Waals surface area (Å²) in [5.41, 5.74) is 8.84. The highest BCUT2D eigenvalue weighted by atomic mass is 35.5. The number of carbonyl (C=O) groups is 2. The minimum atomic E-state index is -0.337. The van der Waals surface area contributed by atoms with Crippen molar-refractivity contribution in [1.82, 2.24) is 25.9 Å². The Kier molecular flexibility index (Phi) is 7.56. The number of carbonyl (C=O) groups excluding carboxylic acids is 2. The highest BCUT2D eigenvalue weighted by Gasteiger charge is 2.20. The summed E-state index contributed by atoms with van der Waals surface area (Å²) in [6, 6.07) is 14.1. The van der Waals surface area contributed by atoms with Gasteiger partial charge in [-0.05, 0) is 55.3 Å². The van der Waals surface area contributed by atoms with Crippen molar-refractivity contribution in [2.24, 2.45) is 0 Å². The third-order valence-electron chi connectivity index (χ3n) is 5.43. The number of halogens is 1. The van der Waals surface area contributed by atoms with Gasteiger partial charge in [0.2, 0.25) is 0 Å². The van der Waals surface area contributed by atoms with Gasteiger partial charge in [0.1, 0.15) is 0 Å². The van der Waals surface area contributed by atoms with E-state index in [0.29, 0.717) is 22.9 Å². The predicted molar refractivity (Wildman–Crippen MR) is 133 cm³/mol. The van der Waals surface area contributed by atoms with Crippen LogP contribution in [0.15, 0.2) is 54.7 Å². The molecular formula is C24H26ClN7O2. The van der Waals surface area contributed by atoms with Gasteiger partial charge in [-0.3, -0.25) is 4.79 Å². The van der Waals surface area contributed by atoms with Crippen LogP contribution in [-0.4, -0.2) is 41.0 Å². The van der Waals surface area contributed by atoms with E-state index in [-0.39, 0.29) is 29.5 Å². The maximum absolute atomic E-state index is 12.7. The van der Waals surface area contributed by atoms with Gasteiger partial charge in [0.25, 0.3) is 5.91 Å². The minimum Gasteiger partial charge on any atom is -0.382 e. The number of hydrogen-bond donors (Lipinski definition) is 5. The van der Waals surface area contributed by atoms with E-state index in [1.54, 1.807) is 24.3 Å². The number of urea groups is 1. The highest BCUT2D eigenvalue weighted by molar-refractivity contribution is 6.30. The summed E-state index contributed by atoms with van der Waals surface area (Å²) in [6.45, 7) is 1.98. The third kappa shape index (κ3) is 6.21. The fourth-order valence-electron chi connectivity index (χ4n) is 3.66. The summed E-state index contributed by atoms with van der Waals surface area (Å²) in [5.74, 6) is -0.251.